The van der Waals surface area contributed by atoms with Crippen LogP contribution in [0.15, 0.2) is 18.3 Å². The maximum atomic E-state index is 12.9. The zero-order chi connectivity index (χ0) is 17.6. The Balaban J connectivity index is 2.25. The molecule has 8 heteroatoms. The fraction of sp³-hybridized carbons (Fsp3) is 0.562. The molecule has 1 atom stereocenters. The van der Waals surface area contributed by atoms with Gasteiger partial charge >= 0.3 is 0 Å². The van der Waals surface area contributed by atoms with Gasteiger partial charge in [0.05, 0.1) is 31.7 Å². The van der Waals surface area contributed by atoms with Gasteiger partial charge in [-0.05, 0) is 12.1 Å². The standard InChI is InChI=1S/C16H24N4O4/c1-17-13(21)9-16(23-3)10-20(7-8-24-11-16)15(22)12-5-4-6-19-14(12)18-2/h4-6H,7-11H2,1-3H3,(H,17,21)(H,18,19)/t16-/m0/s1. The van der Waals surface area contributed by atoms with E-state index in [0.717, 1.165) is 0 Å². The molecule has 1 saturated heterocycles. The first-order valence-electron chi connectivity index (χ1n) is 7.81. The van der Waals surface area contributed by atoms with Crippen LogP contribution in [0.5, 0.6) is 0 Å². The van der Waals surface area contributed by atoms with Crippen LogP contribution in [-0.2, 0) is 14.3 Å². The Hall–Kier alpha value is -2.19. The first kappa shape index (κ1) is 18.2. The van der Waals surface area contributed by atoms with Crippen molar-refractivity contribution in [3.63, 3.8) is 0 Å². The summed E-state index contributed by atoms with van der Waals surface area (Å²) in [5.74, 6) is 0.185. The van der Waals surface area contributed by atoms with E-state index in [-0.39, 0.29) is 31.4 Å². The molecule has 132 valence electrons. The minimum Gasteiger partial charge on any atom is -0.377 e. The van der Waals surface area contributed by atoms with E-state index in [4.69, 9.17) is 9.47 Å². The van der Waals surface area contributed by atoms with Crippen molar-refractivity contribution >= 4 is 17.6 Å². The van der Waals surface area contributed by atoms with Crippen molar-refractivity contribution in [3.8, 4) is 0 Å². The molecule has 8 nitrogen and oxygen atoms in total. The van der Waals surface area contributed by atoms with Crippen molar-refractivity contribution in [1.29, 1.82) is 0 Å². The Bertz CT molecular complexity index is 595. The maximum absolute atomic E-state index is 12.9. The predicted octanol–water partition coefficient (Wildman–Crippen LogP) is 0.117. The lowest BCUT2D eigenvalue weighted by Gasteiger charge is -2.33. The minimum atomic E-state index is -0.867. The normalized spacial score (nSPS) is 21.0. The van der Waals surface area contributed by atoms with E-state index in [0.29, 0.717) is 24.5 Å². The molecule has 0 bridgehead atoms. The van der Waals surface area contributed by atoms with Crippen molar-refractivity contribution in [2.75, 3.05) is 52.8 Å². The molecule has 1 fully saturated rings. The summed E-state index contributed by atoms with van der Waals surface area (Å²) >= 11 is 0. The summed E-state index contributed by atoms with van der Waals surface area (Å²) < 4.78 is 11.2. The second kappa shape index (κ2) is 8.07. The molecule has 1 aliphatic rings. The lowest BCUT2D eigenvalue weighted by molar-refractivity contribution is -0.131. The molecule has 2 heterocycles. The highest BCUT2D eigenvalue weighted by Gasteiger charge is 2.39. The molecule has 0 aromatic carbocycles. The van der Waals surface area contributed by atoms with Gasteiger partial charge in [-0.25, -0.2) is 4.98 Å². The summed E-state index contributed by atoms with van der Waals surface area (Å²) in [6.07, 6.45) is 1.74. The number of methoxy groups -OCH3 is 1. The van der Waals surface area contributed by atoms with E-state index < -0.39 is 5.60 Å². The monoisotopic (exact) mass is 336 g/mol. The number of anilines is 1. The van der Waals surface area contributed by atoms with Crippen LogP contribution in [-0.4, -0.2) is 74.8 Å². The number of ether oxygens (including phenoxy) is 2. The molecular formula is C16H24N4O4. The average molecular weight is 336 g/mol. The van der Waals surface area contributed by atoms with Gasteiger partial charge in [0.15, 0.2) is 0 Å². The lowest BCUT2D eigenvalue weighted by Crippen LogP contribution is -2.50. The molecule has 0 radical (unpaired) electrons. The number of nitrogens with zero attached hydrogens (tertiary/aromatic N) is 2. The summed E-state index contributed by atoms with van der Waals surface area (Å²) in [4.78, 5) is 30.6. The Morgan fingerprint density at radius 3 is 2.92 bits per heavy atom. The first-order chi connectivity index (χ1) is 11.5. The fourth-order valence-corrected chi connectivity index (χ4v) is 2.71. The molecule has 0 spiro atoms. The third kappa shape index (κ3) is 4.01. The number of hydrogen-bond donors (Lipinski definition) is 2. The second-order valence-electron chi connectivity index (χ2n) is 5.67. The minimum absolute atomic E-state index is 0.121. The van der Waals surface area contributed by atoms with Crippen LogP contribution in [0.3, 0.4) is 0 Å². The summed E-state index contributed by atoms with van der Waals surface area (Å²) in [5, 5.41) is 5.51. The summed E-state index contributed by atoms with van der Waals surface area (Å²) in [5.41, 5.74) is -0.388. The van der Waals surface area contributed by atoms with Crippen LogP contribution < -0.4 is 10.6 Å². The topological polar surface area (TPSA) is 92.8 Å². The van der Waals surface area contributed by atoms with Gasteiger partial charge in [-0.3, -0.25) is 9.59 Å². The van der Waals surface area contributed by atoms with Crippen molar-refractivity contribution in [2.45, 2.75) is 12.0 Å². The molecule has 1 aliphatic heterocycles. The molecule has 0 saturated carbocycles. The quantitative estimate of drug-likeness (QED) is 0.793. The van der Waals surface area contributed by atoms with Gasteiger partial charge in [-0.1, -0.05) is 0 Å². The van der Waals surface area contributed by atoms with Crippen molar-refractivity contribution in [2.24, 2.45) is 0 Å². The van der Waals surface area contributed by atoms with E-state index in [1.54, 1.807) is 37.3 Å². The van der Waals surface area contributed by atoms with E-state index in [2.05, 4.69) is 15.6 Å². The third-order valence-corrected chi connectivity index (χ3v) is 4.11. The number of amides is 2. The number of aromatic nitrogens is 1. The smallest absolute Gasteiger partial charge is 0.257 e. The number of carbonyl (C=O) groups excluding carboxylic acids is 2. The molecule has 0 aliphatic carbocycles. The van der Waals surface area contributed by atoms with Gasteiger partial charge in [-0.15, -0.1) is 0 Å². The molecule has 2 N–H and O–H groups in total. The summed E-state index contributed by atoms with van der Waals surface area (Å²) in [7, 11) is 4.82. The van der Waals surface area contributed by atoms with Gasteiger partial charge in [0.25, 0.3) is 5.91 Å². The number of hydrogen-bond acceptors (Lipinski definition) is 6. The number of carbonyl (C=O) groups is 2. The highest BCUT2D eigenvalue weighted by atomic mass is 16.5. The Morgan fingerprint density at radius 1 is 1.46 bits per heavy atom. The SMILES string of the molecule is CNC(=O)C[C@@]1(OC)COCCN(C(=O)c2cccnc2NC)C1. The number of rotatable bonds is 5. The zero-order valence-electron chi connectivity index (χ0n) is 14.3. The van der Waals surface area contributed by atoms with Crippen molar-refractivity contribution in [3.05, 3.63) is 23.9 Å². The Labute approximate surface area is 141 Å². The molecule has 2 amide bonds. The first-order valence-corrected chi connectivity index (χ1v) is 7.81. The van der Waals surface area contributed by atoms with E-state index >= 15 is 0 Å². The highest BCUT2D eigenvalue weighted by molar-refractivity contribution is 5.98. The van der Waals surface area contributed by atoms with E-state index in [1.807, 2.05) is 0 Å². The lowest BCUT2D eigenvalue weighted by atomic mass is 9.98. The molecule has 24 heavy (non-hydrogen) atoms. The van der Waals surface area contributed by atoms with Gasteiger partial charge in [0, 0.05) is 33.9 Å². The maximum Gasteiger partial charge on any atom is 0.257 e. The van der Waals surface area contributed by atoms with Gasteiger partial charge < -0.3 is 25.0 Å². The van der Waals surface area contributed by atoms with Crippen LogP contribution in [0.1, 0.15) is 16.8 Å². The van der Waals surface area contributed by atoms with Crippen LogP contribution in [0.4, 0.5) is 5.82 Å². The summed E-state index contributed by atoms with van der Waals surface area (Å²) in [6.45, 7) is 1.34. The van der Waals surface area contributed by atoms with E-state index in [9.17, 15) is 9.59 Å². The predicted molar refractivity (Wildman–Crippen MR) is 88.9 cm³/mol. The molecule has 1 aromatic heterocycles. The number of nitrogens with one attached hydrogen (secondary N) is 2. The average Bonchev–Trinajstić information content (AvgIpc) is 2.84. The molecule has 0 unspecified atom stereocenters. The van der Waals surface area contributed by atoms with Crippen LogP contribution in [0, 0.1) is 0 Å². The van der Waals surface area contributed by atoms with Gasteiger partial charge in [0.2, 0.25) is 5.91 Å². The van der Waals surface area contributed by atoms with Crippen molar-refractivity contribution < 1.29 is 19.1 Å². The van der Waals surface area contributed by atoms with E-state index in [1.165, 1.54) is 7.11 Å². The Kier molecular flexibility index (Phi) is 6.10. The molecule has 2 rings (SSSR count). The highest BCUT2D eigenvalue weighted by Crippen LogP contribution is 2.23. The second-order valence-corrected chi connectivity index (χ2v) is 5.67. The van der Waals surface area contributed by atoms with Crippen LogP contribution in [0.2, 0.25) is 0 Å². The number of pyridine rings is 1. The largest absolute Gasteiger partial charge is 0.377 e. The molecular weight excluding hydrogens is 312 g/mol. The van der Waals surface area contributed by atoms with Crippen LogP contribution >= 0.6 is 0 Å². The molecule has 1 aromatic rings. The third-order valence-electron chi connectivity index (χ3n) is 4.11. The Morgan fingerprint density at radius 2 is 2.25 bits per heavy atom. The zero-order valence-corrected chi connectivity index (χ0v) is 14.3. The van der Waals surface area contributed by atoms with Crippen LogP contribution in [0.25, 0.3) is 0 Å². The van der Waals surface area contributed by atoms with Gasteiger partial charge in [0.1, 0.15) is 11.4 Å². The van der Waals surface area contributed by atoms with Crippen molar-refractivity contribution in [1.82, 2.24) is 15.2 Å². The van der Waals surface area contributed by atoms with Gasteiger partial charge in [-0.2, -0.15) is 0 Å². The fourth-order valence-electron chi connectivity index (χ4n) is 2.71. The summed E-state index contributed by atoms with van der Waals surface area (Å²) in [6, 6.07) is 3.44.